The maximum absolute atomic E-state index is 12.8. The molecule has 0 saturated heterocycles. The Hall–Kier alpha value is -0.410. The number of carbonyl (C=O) groups is 1. The molecule has 0 aromatic heterocycles. The van der Waals surface area contributed by atoms with E-state index in [-0.39, 0.29) is 40.1 Å². The van der Waals surface area contributed by atoms with E-state index in [1.54, 1.807) is 0 Å². The van der Waals surface area contributed by atoms with E-state index in [0.717, 1.165) is 32.1 Å². The minimum Gasteiger partial charge on any atom is -0.396 e. The van der Waals surface area contributed by atoms with Gasteiger partial charge in [0.1, 0.15) is 5.78 Å². The van der Waals surface area contributed by atoms with Crippen LogP contribution >= 0.6 is 0 Å². The lowest BCUT2D eigenvalue weighted by Crippen LogP contribution is -2.72. The molecule has 0 radical (unpaired) electrons. The number of hydrogen-bond donors (Lipinski definition) is 2. The smallest absolute Gasteiger partial charge is 0.136 e. The zero-order valence-corrected chi connectivity index (χ0v) is 22.5. The standard InChI is InChI=1S/C30H50O3/c1-19-20(32)8-9-22-27(5)13-14-29(7)23-17-25(2,3)10-11-26(23,4)12-15-30(29,18-31)24(27)21(33)16-28(19,22)6/h19,21-24,31,33H,8-18H2,1-7H3/t19-,21?,22?,23+,24?,26+,27-,28+,29-,30-/m0/s1. The molecule has 0 aromatic carbocycles. The summed E-state index contributed by atoms with van der Waals surface area (Å²) in [7, 11) is 0. The first-order chi connectivity index (χ1) is 15.2. The zero-order chi connectivity index (χ0) is 24.2. The zero-order valence-electron chi connectivity index (χ0n) is 22.5. The summed E-state index contributed by atoms with van der Waals surface area (Å²) < 4.78 is 0. The number of aliphatic hydroxyl groups is 2. The summed E-state index contributed by atoms with van der Waals surface area (Å²) in [5.74, 6) is 1.60. The van der Waals surface area contributed by atoms with Crippen LogP contribution in [0.1, 0.15) is 113 Å². The Morgan fingerprint density at radius 1 is 0.848 bits per heavy atom. The summed E-state index contributed by atoms with van der Waals surface area (Å²) in [5, 5.41) is 23.3. The Kier molecular flexibility index (Phi) is 5.22. The van der Waals surface area contributed by atoms with E-state index in [9.17, 15) is 15.0 Å². The van der Waals surface area contributed by atoms with Crippen LogP contribution in [0.2, 0.25) is 0 Å². The van der Waals surface area contributed by atoms with E-state index in [2.05, 4.69) is 48.5 Å². The molecule has 5 aliphatic rings. The summed E-state index contributed by atoms with van der Waals surface area (Å²) in [6.07, 6.45) is 10.3. The van der Waals surface area contributed by atoms with Crippen molar-refractivity contribution in [2.24, 2.45) is 56.2 Å². The fraction of sp³-hybridized carbons (Fsp3) is 0.967. The van der Waals surface area contributed by atoms with E-state index < -0.39 is 6.10 Å². The van der Waals surface area contributed by atoms with Crippen LogP contribution in [0.5, 0.6) is 0 Å². The van der Waals surface area contributed by atoms with Crippen LogP contribution in [0, 0.1) is 56.2 Å². The SMILES string of the molecule is C[C@H]1C(=O)CCC2[C@]3(C)CC[C@@]4(C)[C@@H]5CC(C)(C)CC[C@]5(C)CC[C@]4(CO)C3C(O)C[C@@]21C. The predicted molar refractivity (Wildman–Crippen MR) is 133 cm³/mol. The number of aliphatic hydroxyl groups excluding tert-OH is 2. The van der Waals surface area contributed by atoms with Crippen LogP contribution in [0.3, 0.4) is 0 Å². The van der Waals surface area contributed by atoms with Gasteiger partial charge in [0.2, 0.25) is 0 Å². The third kappa shape index (κ3) is 2.90. The first kappa shape index (κ1) is 24.3. The average molecular weight is 459 g/mol. The van der Waals surface area contributed by atoms with Gasteiger partial charge in [-0.15, -0.1) is 0 Å². The molecule has 5 aliphatic carbocycles. The molecule has 0 heterocycles. The lowest BCUT2D eigenvalue weighted by molar-refractivity contribution is -0.296. The van der Waals surface area contributed by atoms with E-state index in [0.29, 0.717) is 34.9 Å². The summed E-state index contributed by atoms with van der Waals surface area (Å²) in [5.41, 5.74) is 0.415. The fourth-order valence-electron chi connectivity index (χ4n) is 11.4. The molecule has 0 amide bonds. The van der Waals surface area contributed by atoms with Gasteiger partial charge in [0, 0.05) is 24.4 Å². The monoisotopic (exact) mass is 458 g/mol. The van der Waals surface area contributed by atoms with Crippen molar-refractivity contribution in [3.05, 3.63) is 0 Å². The molecule has 3 unspecified atom stereocenters. The maximum Gasteiger partial charge on any atom is 0.136 e. The summed E-state index contributed by atoms with van der Waals surface area (Å²) >= 11 is 0. The van der Waals surface area contributed by atoms with Crippen molar-refractivity contribution in [2.45, 2.75) is 119 Å². The highest BCUT2D eigenvalue weighted by Gasteiger charge is 2.74. The molecule has 5 rings (SSSR count). The highest BCUT2D eigenvalue weighted by molar-refractivity contribution is 5.82. The summed E-state index contributed by atoms with van der Waals surface area (Å²) in [4.78, 5) is 12.8. The molecule has 0 bridgehead atoms. The molecule has 33 heavy (non-hydrogen) atoms. The molecular weight excluding hydrogens is 408 g/mol. The highest BCUT2D eigenvalue weighted by Crippen LogP contribution is 2.78. The van der Waals surface area contributed by atoms with Crippen molar-refractivity contribution in [3.63, 3.8) is 0 Å². The van der Waals surface area contributed by atoms with Crippen LogP contribution in [0.25, 0.3) is 0 Å². The minimum absolute atomic E-state index is 0.0124. The molecule has 3 nitrogen and oxygen atoms in total. The van der Waals surface area contributed by atoms with E-state index in [1.807, 2.05) is 0 Å². The van der Waals surface area contributed by atoms with Gasteiger partial charge in [-0.3, -0.25) is 4.79 Å². The fourth-order valence-corrected chi connectivity index (χ4v) is 11.4. The van der Waals surface area contributed by atoms with E-state index >= 15 is 0 Å². The lowest BCUT2D eigenvalue weighted by Gasteiger charge is -2.75. The van der Waals surface area contributed by atoms with Crippen LogP contribution in [-0.4, -0.2) is 28.7 Å². The number of rotatable bonds is 1. The largest absolute Gasteiger partial charge is 0.396 e. The third-order valence-corrected chi connectivity index (χ3v) is 13.6. The number of fused-ring (bicyclic) bond motifs is 7. The third-order valence-electron chi connectivity index (χ3n) is 13.6. The van der Waals surface area contributed by atoms with Gasteiger partial charge in [-0.2, -0.15) is 0 Å². The van der Waals surface area contributed by atoms with Gasteiger partial charge in [0.25, 0.3) is 0 Å². The molecule has 0 aromatic rings. The Bertz CT molecular complexity index is 834. The second-order valence-electron chi connectivity index (χ2n) is 15.3. The lowest BCUT2D eigenvalue weighted by atomic mass is 9.29. The van der Waals surface area contributed by atoms with Crippen molar-refractivity contribution in [1.29, 1.82) is 0 Å². The maximum atomic E-state index is 12.8. The van der Waals surface area contributed by atoms with Crippen LogP contribution in [-0.2, 0) is 4.79 Å². The summed E-state index contributed by atoms with van der Waals surface area (Å²) in [6.45, 7) is 17.0. The quantitative estimate of drug-likeness (QED) is 0.478. The molecule has 5 fully saturated rings. The predicted octanol–water partition coefficient (Wildman–Crippen LogP) is 6.40. The van der Waals surface area contributed by atoms with Gasteiger partial charge in [-0.1, -0.05) is 48.5 Å². The first-order valence-corrected chi connectivity index (χ1v) is 14.0. The molecule has 0 aliphatic heterocycles. The normalized spacial score (nSPS) is 58.0. The summed E-state index contributed by atoms with van der Waals surface area (Å²) in [6, 6.07) is 0. The van der Waals surface area contributed by atoms with E-state index in [1.165, 1.54) is 25.7 Å². The van der Waals surface area contributed by atoms with Gasteiger partial charge < -0.3 is 10.2 Å². The van der Waals surface area contributed by atoms with Crippen LogP contribution in [0.4, 0.5) is 0 Å². The Morgan fingerprint density at radius 2 is 1.52 bits per heavy atom. The van der Waals surface area contributed by atoms with E-state index in [4.69, 9.17) is 0 Å². The molecule has 10 atom stereocenters. The Labute approximate surface area is 202 Å². The van der Waals surface area contributed by atoms with Gasteiger partial charge >= 0.3 is 0 Å². The van der Waals surface area contributed by atoms with Crippen molar-refractivity contribution >= 4 is 5.78 Å². The van der Waals surface area contributed by atoms with Crippen molar-refractivity contribution in [2.75, 3.05) is 6.61 Å². The molecule has 2 N–H and O–H groups in total. The van der Waals surface area contributed by atoms with Crippen LogP contribution < -0.4 is 0 Å². The Morgan fingerprint density at radius 3 is 2.18 bits per heavy atom. The molecule has 3 heteroatoms. The minimum atomic E-state index is -0.433. The second-order valence-corrected chi connectivity index (χ2v) is 15.3. The number of Topliss-reactive ketones (excluding diaryl/α,β-unsaturated/α-hetero) is 1. The molecule has 5 saturated carbocycles. The van der Waals surface area contributed by atoms with Crippen molar-refractivity contribution < 1.29 is 15.0 Å². The van der Waals surface area contributed by atoms with Gasteiger partial charge in [0.05, 0.1) is 6.10 Å². The Balaban J connectivity index is 1.62. The number of ketones is 1. The van der Waals surface area contributed by atoms with Gasteiger partial charge in [-0.05, 0) is 103 Å². The van der Waals surface area contributed by atoms with Crippen LogP contribution in [0.15, 0.2) is 0 Å². The van der Waals surface area contributed by atoms with Gasteiger partial charge in [-0.25, -0.2) is 0 Å². The van der Waals surface area contributed by atoms with Crippen molar-refractivity contribution in [1.82, 2.24) is 0 Å². The molecule has 188 valence electrons. The molecule has 0 spiro atoms. The van der Waals surface area contributed by atoms with Crippen molar-refractivity contribution in [3.8, 4) is 0 Å². The number of carbonyl (C=O) groups excluding carboxylic acids is 1. The topological polar surface area (TPSA) is 57.5 Å². The highest BCUT2D eigenvalue weighted by atomic mass is 16.3. The van der Waals surface area contributed by atoms with Gasteiger partial charge in [0.15, 0.2) is 0 Å². The first-order valence-electron chi connectivity index (χ1n) is 14.0. The second kappa shape index (κ2) is 7.09. The molecular formula is C30H50O3. The average Bonchev–Trinajstić information content (AvgIpc) is 2.73. The number of hydrogen-bond acceptors (Lipinski definition) is 3.